The molecular weight excluding hydrogens is 446 g/mol. The van der Waals surface area contributed by atoms with Gasteiger partial charge in [0.2, 0.25) is 29.0 Å². The van der Waals surface area contributed by atoms with E-state index in [-0.39, 0.29) is 11.1 Å². The average Bonchev–Trinajstić information content (AvgIpc) is 3.45. The second-order valence-electron chi connectivity index (χ2n) is 9.11. The Bertz CT molecular complexity index is 1390. The summed E-state index contributed by atoms with van der Waals surface area (Å²) in [6.07, 6.45) is -0.982. The third-order valence-electron chi connectivity index (χ3n) is 7.23. The van der Waals surface area contributed by atoms with Gasteiger partial charge in [-0.3, -0.25) is 19.2 Å². The van der Waals surface area contributed by atoms with Gasteiger partial charge in [-0.2, -0.15) is 0 Å². The number of amides is 2. The summed E-state index contributed by atoms with van der Waals surface area (Å²) in [6.45, 7) is 1.90. The molecule has 0 N–H and O–H groups in total. The van der Waals surface area contributed by atoms with Crippen LogP contribution in [0, 0.1) is 18.8 Å². The summed E-state index contributed by atoms with van der Waals surface area (Å²) in [6, 6.07) is 20.3. The van der Waals surface area contributed by atoms with E-state index in [1.54, 1.807) is 72.8 Å². The van der Waals surface area contributed by atoms with Gasteiger partial charge in [-0.05, 0) is 36.8 Å². The molecule has 7 nitrogen and oxygen atoms in total. The van der Waals surface area contributed by atoms with E-state index in [0.29, 0.717) is 17.0 Å². The zero-order chi connectivity index (χ0) is 24.5. The van der Waals surface area contributed by atoms with Crippen LogP contribution in [0.15, 0.2) is 72.8 Å². The Morgan fingerprint density at radius 1 is 0.829 bits per heavy atom. The molecule has 2 heterocycles. The fraction of sp³-hybridized carbons (Fsp3) is 0.214. The highest BCUT2D eigenvalue weighted by Gasteiger charge is 2.74. The van der Waals surface area contributed by atoms with Crippen LogP contribution in [0.5, 0.6) is 5.75 Å². The Morgan fingerprint density at radius 2 is 1.49 bits per heavy atom. The normalized spacial score (nSPS) is 24.3. The zero-order valence-electron chi connectivity index (χ0n) is 19.1. The standard InChI is InChI=1S/C28H21NO6/c1-15-10-12-17(13-11-15)29-26(32)21-22(27(29)33)28(24(30)19-8-3-4-9-20(19)25(28)31)35-23(21)16-6-5-7-18(14-16)34-2/h3-14,21-23H,1-2H3/t21-,22-,23+/m1/s1. The number of carbonyl (C=O) groups is 4. The van der Waals surface area contributed by atoms with E-state index >= 15 is 0 Å². The predicted octanol–water partition coefficient (Wildman–Crippen LogP) is 3.70. The molecule has 3 aromatic rings. The maximum Gasteiger partial charge on any atom is 0.241 e. The number of carbonyl (C=O) groups excluding carboxylic acids is 4. The van der Waals surface area contributed by atoms with Crippen molar-refractivity contribution >= 4 is 29.1 Å². The van der Waals surface area contributed by atoms with Crippen molar-refractivity contribution in [1.82, 2.24) is 0 Å². The molecule has 2 aliphatic heterocycles. The van der Waals surface area contributed by atoms with Gasteiger partial charge >= 0.3 is 0 Å². The molecule has 0 radical (unpaired) electrons. The number of aryl methyl sites for hydroxylation is 1. The number of nitrogens with zero attached hydrogens (tertiary/aromatic N) is 1. The highest BCUT2D eigenvalue weighted by molar-refractivity contribution is 6.37. The molecule has 174 valence electrons. The minimum atomic E-state index is -2.09. The first-order valence-electron chi connectivity index (χ1n) is 11.3. The lowest BCUT2D eigenvalue weighted by Gasteiger charge is -2.27. The summed E-state index contributed by atoms with van der Waals surface area (Å²) in [5, 5.41) is 0. The van der Waals surface area contributed by atoms with Crippen molar-refractivity contribution in [2.45, 2.75) is 18.6 Å². The first-order valence-corrected chi connectivity index (χ1v) is 11.3. The van der Waals surface area contributed by atoms with Gasteiger partial charge in [0.15, 0.2) is 0 Å². The Hall–Kier alpha value is -4.10. The third kappa shape index (κ3) is 2.76. The van der Waals surface area contributed by atoms with Gasteiger partial charge in [0.25, 0.3) is 0 Å². The van der Waals surface area contributed by atoms with Gasteiger partial charge in [0.05, 0.1) is 30.7 Å². The number of benzene rings is 3. The van der Waals surface area contributed by atoms with Gasteiger partial charge in [0.1, 0.15) is 5.75 Å². The summed E-state index contributed by atoms with van der Waals surface area (Å²) in [7, 11) is 1.52. The van der Waals surface area contributed by atoms with Crippen LogP contribution in [0.25, 0.3) is 0 Å². The highest BCUT2D eigenvalue weighted by atomic mass is 16.5. The number of hydrogen-bond donors (Lipinski definition) is 0. The van der Waals surface area contributed by atoms with E-state index in [9.17, 15) is 19.2 Å². The molecule has 3 atom stereocenters. The molecule has 6 rings (SSSR count). The second-order valence-corrected chi connectivity index (χ2v) is 9.11. The Morgan fingerprint density at radius 3 is 2.11 bits per heavy atom. The quantitative estimate of drug-likeness (QED) is 0.431. The number of imide groups is 1. The molecule has 0 aromatic heterocycles. The van der Waals surface area contributed by atoms with E-state index in [1.807, 2.05) is 6.92 Å². The molecule has 2 fully saturated rings. The molecule has 0 unspecified atom stereocenters. The number of hydrogen-bond acceptors (Lipinski definition) is 6. The summed E-state index contributed by atoms with van der Waals surface area (Å²) in [5.41, 5.74) is 0.246. The molecule has 2 amide bonds. The Labute approximate surface area is 201 Å². The molecule has 1 spiro atoms. The number of methoxy groups -OCH3 is 1. The zero-order valence-corrected chi connectivity index (χ0v) is 19.1. The molecule has 1 aliphatic carbocycles. The minimum Gasteiger partial charge on any atom is -0.497 e. The third-order valence-corrected chi connectivity index (χ3v) is 7.23. The maximum atomic E-state index is 13.9. The van der Waals surface area contributed by atoms with E-state index in [2.05, 4.69) is 0 Å². The van der Waals surface area contributed by atoms with Crippen LogP contribution < -0.4 is 9.64 Å². The fourth-order valence-electron chi connectivity index (χ4n) is 5.58. The number of fused-ring (bicyclic) bond motifs is 3. The smallest absolute Gasteiger partial charge is 0.241 e. The van der Waals surface area contributed by atoms with Crippen LogP contribution in [0.4, 0.5) is 5.69 Å². The summed E-state index contributed by atoms with van der Waals surface area (Å²) < 4.78 is 11.6. The summed E-state index contributed by atoms with van der Waals surface area (Å²) >= 11 is 0. The van der Waals surface area contributed by atoms with Gasteiger partial charge < -0.3 is 9.47 Å². The van der Waals surface area contributed by atoms with E-state index in [4.69, 9.17) is 9.47 Å². The largest absolute Gasteiger partial charge is 0.497 e. The summed E-state index contributed by atoms with van der Waals surface area (Å²) in [4.78, 5) is 56.3. The van der Waals surface area contributed by atoms with Crippen LogP contribution in [0.2, 0.25) is 0 Å². The van der Waals surface area contributed by atoms with Crippen molar-refractivity contribution < 1.29 is 28.7 Å². The predicted molar refractivity (Wildman–Crippen MR) is 125 cm³/mol. The van der Waals surface area contributed by atoms with Crippen LogP contribution in [-0.4, -0.2) is 36.1 Å². The van der Waals surface area contributed by atoms with Gasteiger partial charge in [0, 0.05) is 11.1 Å². The van der Waals surface area contributed by atoms with Crippen molar-refractivity contribution in [2.24, 2.45) is 11.8 Å². The molecule has 35 heavy (non-hydrogen) atoms. The van der Waals surface area contributed by atoms with Crippen LogP contribution in [0.1, 0.15) is 37.9 Å². The lowest BCUT2D eigenvalue weighted by Crippen LogP contribution is -2.51. The second kappa shape index (κ2) is 7.45. The van der Waals surface area contributed by atoms with Crippen LogP contribution >= 0.6 is 0 Å². The molecule has 0 bridgehead atoms. The topological polar surface area (TPSA) is 90.0 Å². The molecular formula is C28H21NO6. The Kier molecular flexibility index (Phi) is 4.56. The first-order chi connectivity index (χ1) is 16.9. The lowest BCUT2D eigenvalue weighted by atomic mass is 9.77. The van der Waals surface area contributed by atoms with E-state index in [1.165, 1.54) is 7.11 Å². The van der Waals surface area contributed by atoms with Crippen molar-refractivity contribution in [3.63, 3.8) is 0 Å². The van der Waals surface area contributed by atoms with Crippen molar-refractivity contribution in [1.29, 1.82) is 0 Å². The number of ether oxygens (including phenoxy) is 2. The molecule has 0 saturated carbocycles. The summed E-state index contributed by atoms with van der Waals surface area (Å²) in [5.74, 6) is -4.05. The molecule has 3 aliphatic rings. The van der Waals surface area contributed by atoms with Crippen LogP contribution in [0.3, 0.4) is 0 Å². The van der Waals surface area contributed by atoms with Crippen molar-refractivity contribution in [3.05, 3.63) is 95.1 Å². The number of ketones is 2. The maximum absolute atomic E-state index is 13.9. The van der Waals surface area contributed by atoms with Gasteiger partial charge in [-0.15, -0.1) is 0 Å². The first kappa shape index (κ1) is 21.4. The number of Topliss-reactive ketones (excluding diaryl/α,β-unsaturated/α-hetero) is 2. The van der Waals surface area contributed by atoms with Crippen LogP contribution in [-0.2, 0) is 14.3 Å². The Balaban J connectivity index is 1.54. The van der Waals surface area contributed by atoms with Crippen molar-refractivity contribution in [3.8, 4) is 5.75 Å². The SMILES string of the molecule is COc1cccc([C@@H]2OC3(C(=O)c4ccccc4C3=O)[C@H]3C(=O)N(c4ccc(C)cc4)C(=O)[C@@H]23)c1. The molecule has 7 heteroatoms. The number of anilines is 1. The minimum absolute atomic E-state index is 0.205. The lowest BCUT2D eigenvalue weighted by molar-refractivity contribution is -0.127. The highest BCUT2D eigenvalue weighted by Crippen LogP contribution is 2.57. The molecule has 3 aromatic carbocycles. The average molecular weight is 467 g/mol. The fourth-order valence-corrected chi connectivity index (χ4v) is 5.58. The van der Waals surface area contributed by atoms with Gasteiger partial charge in [-0.1, -0.05) is 54.1 Å². The van der Waals surface area contributed by atoms with E-state index < -0.39 is 46.9 Å². The van der Waals surface area contributed by atoms with E-state index in [0.717, 1.165) is 10.5 Å². The molecule has 2 saturated heterocycles. The monoisotopic (exact) mass is 467 g/mol. The van der Waals surface area contributed by atoms with Crippen molar-refractivity contribution in [2.75, 3.05) is 12.0 Å². The van der Waals surface area contributed by atoms with Gasteiger partial charge in [-0.25, -0.2) is 4.90 Å². The number of rotatable bonds is 3.